The smallest absolute Gasteiger partial charge is 0.330 e. The minimum atomic E-state index is -0.845. The van der Waals surface area contributed by atoms with E-state index in [2.05, 4.69) is 0 Å². The number of rotatable bonds is 1. The molecule has 94 valence electrons. The zero-order chi connectivity index (χ0) is 12.9. The van der Waals surface area contributed by atoms with Crippen molar-refractivity contribution in [3.05, 3.63) is 75.9 Å². The summed E-state index contributed by atoms with van der Waals surface area (Å²) in [7, 11) is 0. The Labute approximate surface area is 127 Å². The summed E-state index contributed by atoms with van der Waals surface area (Å²) in [6, 6.07) is 0. The molecule has 2 nitrogen and oxygen atoms in total. The van der Waals surface area contributed by atoms with Crippen molar-refractivity contribution in [2.45, 2.75) is 13.8 Å². The number of hydrogen-bond donors (Lipinski definition) is 1. The Bertz CT molecular complexity index is 191. The summed E-state index contributed by atoms with van der Waals surface area (Å²) in [6.45, 7) is 3.26. The van der Waals surface area contributed by atoms with Gasteiger partial charge in [0.05, 0.1) is 0 Å². The van der Waals surface area contributed by atoms with Crippen molar-refractivity contribution in [2.24, 2.45) is 0 Å². The van der Waals surface area contributed by atoms with Crippen molar-refractivity contribution < 1.29 is 31.6 Å². The van der Waals surface area contributed by atoms with E-state index in [-0.39, 0.29) is 21.7 Å². The predicted molar refractivity (Wildman–Crippen MR) is 70.1 cm³/mol. The molecule has 2 aliphatic carbocycles. The number of allylic oxidation sites excluding steroid dienone is 1. The molecule has 0 atom stereocenters. The molecule has 1 N–H and O–H groups in total. The van der Waals surface area contributed by atoms with Gasteiger partial charge in [-0.1, -0.05) is 6.08 Å². The van der Waals surface area contributed by atoms with Crippen LogP contribution < -0.4 is 0 Å². The van der Waals surface area contributed by atoms with E-state index in [1.54, 1.807) is 19.9 Å². The van der Waals surface area contributed by atoms with Crippen LogP contribution in [-0.4, -0.2) is 11.1 Å². The standard InChI is InChI=1S/C5H8O2.2C5H5.Ti/c1-3-4(2)5(6)7;2*1-2-4-5-3-1;/h3H,1-2H3,(H,6,7);2*1-5H;/b4-3-;;;. The molecule has 18 heavy (non-hydrogen) atoms. The van der Waals surface area contributed by atoms with Crippen LogP contribution in [0.25, 0.3) is 0 Å². The molecule has 2 saturated carbocycles. The first-order valence-corrected chi connectivity index (χ1v) is 5.38. The van der Waals surface area contributed by atoms with E-state index in [1.807, 2.05) is 64.2 Å². The van der Waals surface area contributed by atoms with Crippen molar-refractivity contribution in [1.29, 1.82) is 0 Å². The van der Waals surface area contributed by atoms with Gasteiger partial charge < -0.3 is 5.11 Å². The van der Waals surface area contributed by atoms with Crippen molar-refractivity contribution in [3.63, 3.8) is 0 Å². The molecular weight excluding hydrogens is 260 g/mol. The SMILES string of the molecule is C/C=C(/C)C(=O)O.[CH]1[CH][CH][CH][CH]1.[CH]1[CH][CH][CH][CH]1.[Ti]. The van der Waals surface area contributed by atoms with Crippen molar-refractivity contribution >= 4 is 5.97 Å². The number of hydrogen-bond acceptors (Lipinski definition) is 1. The molecule has 0 aromatic heterocycles. The zero-order valence-electron chi connectivity index (χ0n) is 10.7. The fourth-order valence-corrected chi connectivity index (χ4v) is 0.765. The second kappa shape index (κ2) is 15.0. The Morgan fingerprint density at radius 3 is 1.11 bits per heavy atom. The van der Waals surface area contributed by atoms with Crippen LogP contribution in [-0.2, 0) is 26.5 Å². The molecule has 0 bridgehead atoms. The van der Waals surface area contributed by atoms with Gasteiger partial charge in [-0.3, -0.25) is 0 Å². The first kappa shape index (κ1) is 20.2. The molecule has 0 aromatic carbocycles. The Kier molecular flexibility index (Phi) is 16.9. The summed E-state index contributed by atoms with van der Waals surface area (Å²) < 4.78 is 0. The minimum Gasteiger partial charge on any atom is -0.478 e. The van der Waals surface area contributed by atoms with Gasteiger partial charge in [-0.15, -0.1) is 0 Å². The molecule has 10 radical (unpaired) electrons. The van der Waals surface area contributed by atoms with Gasteiger partial charge in [0.15, 0.2) is 0 Å². The van der Waals surface area contributed by atoms with Gasteiger partial charge in [0, 0.05) is 27.3 Å². The normalized spacial score (nSPS) is 17.8. The second-order valence-electron chi connectivity index (χ2n) is 3.20. The van der Waals surface area contributed by atoms with Crippen LogP contribution in [0.15, 0.2) is 11.6 Å². The van der Waals surface area contributed by atoms with Crippen molar-refractivity contribution in [2.75, 3.05) is 0 Å². The van der Waals surface area contributed by atoms with E-state index in [0.717, 1.165) is 0 Å². The molecule has 0 heterocycles. The van der Waals surface area contributed by atoms with Crippen molar-refractivity contribution in [1.82, 2.24) is 0 Å². The number of carboxylic acid groups (broad SMARTS) is 1. The van der Waals surface area contributed by atoms with Gasteiger partial charge in [0.1, 0.15) is 0 Å². The fraction of sp³-hybridized carbons (Fsp3) is 0.133. The van der Waals surface area contributed by atoms with Gasteiger partial charge in [-0.05, 0) is 78.1 Å². The van der Waals surface area contributed by atoms with E-state index in [1.165, 1.54) is 0 Å². The molecule has 0 aliphatic heterocycles. The van der Waals surface area contributed by atoms with E-state index >= 15 is 0 Å². The van der Waals surface area contributed by atoms with Crippen molar-refractivity contribution in [3.8, 4) is 0 Å². The molecule has 0 unspecified atom stereocenters. The number of carbonyl (C=O) groups is 1. The third-order valence-electron chi connectivity index (χ3n) is 1.88. The first-order chi connectivity index (χ1) is 8.18. The Hall–Kier alpha value is -0.0757. The maximum absolute atomic E-state index is 9.86. The third-order valence-corrected chi connectivity index (χ3v) is 1.88. The van der Waals surface area contributed by atoms with Gasteiger partial charge in [0.25, 0.3) is 0 Å². The summed E-state index contributed by atoms with van der Waals surface area (Å²) in [4.78, 5) is 9.86. The zero-order valence-corrected chi connectivity index (χ0v) is 12.3. The molecule has 2 rings (SSSR count). The maximum atomic E-state index is 9.86. The van der Waals surface area contributed by atoms with Crippen LogP contribution in [0.4, 0.5) is 0 Å². The average molecular weight is 278 g/mol. The molecule has 0 saturated heterocycles. The third kappa shape index (κ3) is 14.0. The average Bonchev–Trinajstić information content (AvgIpc) is 3.04. The maximum Gasteiger partial charge on any atom is 0.330 e. The predicted octanol–water partition coefficient (Wildman–Crippen LogP) is 3.08. The van der Waals surface area contributed by atoms with Crippen LogP contribution in [0.2, 0.25) is 0 Å². The van der Waals surface area contributed by atoms with Gasteiger partial charge in [0.2, 0.25) is 0 Å². The van der Waals surface area contributed by atoms with Gasteiger partial charge in [-0.2, -0.15) is 0 Å². The van der Waals surface area contributed by atoms with Crippen LogP contribution in [0.1, 0.15) is 13.8 Å². The molecular formula is C15H18O2Ti. The van der Waals surface area contributed by atoms with E-state index < -0.39 is 5.97 Å². The van der Waals surface area contributed by atoms with E-state index in [9.17, 15) is 4.79 Å². The second-order valence-corrected chi connectivity index (χ2v) is 3.20. The van der Waals surface area contributed by atoms with Crippen LogP contribution >= 0.6 is 0 Å². The summed E-state index contributed by atoms with van der Waals surface area (Å²) in [6.07, 6.45) is 21.6. The summed E-state index contributed by atoms with van der Waals surface area (Å²) in [5.74, 6) is -0.845. The summed E-state index contributed by atoms with van der Waals surface area (Å²) in [5.41, 5.74) is 0.389. The van der Waals surface area contributed by atoms with E-state index in [0.29, 0.717) is 5.57 Å². The first-order valence-electron chi connectivity index (χ1n) is 5.38. The Morgan fingerprint density at radius 2 is 1.06 bits per heavy atom. The fourth-order valence-electron chi connectivity index (χ4n) is 0.765. The molecule has 0 amide bonds. The van der Waals surface area contributed by atoms with E-state index in [4.69, 9.17) is 5.11 Å². The van der Waals surface area contributed by atoms with Crippen LogP contribution in [0.3, 0.4) is 0 Å². The molecule has 0 spiro atoms. The summed E-state index contributed by atoms with van der Waals surface area (Å²) >= 11 is 0. The topological polar surface area (TPSA) is 37.3 Å². The monoisotopic (exact) mass is 278 g/mol. The number of aliphatic carboxylic acids is 1. The van der Waals surface area contributed by atoms with Gasteiger partial charge >= 0.3 is 5.97 Å². The van der Waals surface area contributed by atoms with Crippen LogP contribution in [0, 0.1) is 64.2 Å². The number of carboxylic acids is 1. The molecule has 2 aliphatic rings. The Balaban J connectivity index is 0. The van der Waals surface area contributed by atoms with Gasteiger partial charge in [-0.25, -0.2) is 4.79 Å². The largest absolute Gasteiger partial charge is 0.478 e. The van der Waals surface area contributed by atoms with Crippen LogP contribution in [0.5, 0.6) is 0 Å². The minimum absolute atomic E-state index is 0. The Morgan fingerprint density at radius 1 is 0.833 bits per heavy atom. The quantitative estimate of drug-likeness (QED) is 0.591. The molecule has 3 heteroatoms. The summed E-state index contributed by atoms with van der Waals surface area (Å²) in [5, 5.41) is 8.11. The molecule has 0 aromatic rings. The molecule has 2 fully saturated rings.